The van der Waals surface area contributed by atoms with E-state index in [9.17, 15) is 19.2 Å². The average Bonchev–Trinajstić information content (AvgIpc) is 3.33. The number of amidine groups is 1. The summed E-state index contributed by atoms with van der Waals surface area (Å²) in [5, 5.41) is 3.94. The lowest BCUT2D eigenvalue weighted by Crippen LogP contribution is -2.47. The van der Waals surface area contributed by atoms with Crippen molar-refractivity contribution >= 4 is 69.7 Å². The number of likely N-dealkylation sites (tertiary alicyclic amines) is 1. The normalized spacial score (nSPS) is 17.7. The maximum absolute atomic E-state index is 13.0. The third-order valence-electron chi connectivity index (χ3n) is 6.53. The Morgan fingerprint density at radius 2 is 1.72 bits per heavy atom. The van der Waals surface area contributed by atoms with Crippen LogP contribution in [0.15, 0.2) is 58.4 Å². The minimum atomic E-state index is -0.567. The van der Waals surface area contributed by atoms with Crippen LogP contribution in [0.5, 0.6) is 0 Å². The van der Waals surface area contributed by atoms with Gasteiger partial charge in [-0.3, -0.25) is 9.59 Å². The molecule has 0 radical (unpaired) electrons. The quantitative estimate of drug-likeness (QED) is 0.314. The van der Waals surface area contributed by atoms with Gasteiger partial charge in [0, 0.05) is 46.4 Å². The Morgan fingerprint density at radius 1 is 1.05 bits per heavy atom. The van der Waals surface area contributed by atoms with Gasteiger partial charge in [-0.2, -0.15) is 4.99 Å². The maximum atomic E-state index is 13.0. The maximum Gasteiger partial charge on any atom is 0.410 e. The predicted molar refractivity (Wildman–Crippen MR) is 168 cm³/mol. The van der Waals surface area contributed by atoms with Crippen LogP contribution in [0.25, 0.3) is 0 Å². The number of carbonyl (C=O) groups is 4. The van der Waals surface area contributed by atoms with Gasteiger partial charge in [-0.05, 0) is 76.1 Å². The molecular formula is C30H32Cl2N4O6S. The van der Waals surface area contributed by atoms with Crippen molar-refractivity contribution < 1.29 is 28.7 Å². The number of carbonyl (C=O) groups excluding carboxylic acids is 4. The van der Waals surface area contributed by atoms with Crippen LogP contribution in [0.2, 0.25) is 10.0 Å². The summed E-state index contributed by atoms with van der Waals surface area (Å²) >= 11 is 13.3. The van der Waals surface area contributed by atoms with E-state index in [0.29, 0.717) is 52.3 Å². The molecule has 0 spiro atoms. The molecule has 0 aliphatic carbocycles. The van der Waals surface area contributed by atoms with E-state index in [1.807, 2.05) is 20.8 Å². The van der Waals surface area contributed by atoms with Gasteiger partial charge in [0.25, 0.3) is 11.8 Å². The number of rotatable bonds is 5. The van der Waals surface area contributed by atoms with E-state index < -0.39 is 17.5 Å². The van der Waals surface area contributed by atoms with Gasteiger partial charge in [0.05, 0.1) is 24.2 Å². The van der Waals surface area contributed by atoms with Gasteiger partial charge in [0.1, 0.15) is 5.60 Å². The molecule has 2 aromatic carbocycles. The Labute approximate surface area is 264 Å². The number of amides is 3. The molecule has 10 nitrogen and oxygen atoms in total. The molecule has 2 aromatic rings. The zero-order valence-corrected chi connectivity index (χ0v) is 26.5. The van der Waals surface area contributed by atoms with E-state index in [2.05, 4.69) is 10.3 Å². The SMILES string of the molecule is COC(=O)C=C1CN(c2ccc(C(=O)NC3CCN(C(=O)OC(C)(C)C)CC3)cc2)C(=NC(=O)c2ccc(Cl)cc2Cl)S1. The number of hydrogen-bond acceptors (Lipinski definition) is 7. The van der Waals surface area contributed by atoms with Gasteiger partial charge in [0.2, 0.25) is 0 Å². The van der Waals surface area contributed by atoms with Crippen LogP contribution in [-0.2, 0) is 14.3 Å². The Hall–Kier alpha value is -3.54. The van der Waals surface area contributed by atoms with E-state index in [1.165, 1.54) is 25.3 Å². The van der Waals surface area contributed by atoms with E-state index in [1.54, 1.807) is 40.1 Å². The van der Waals surface area contributed by atoms with Crippen molar-refractivity contribution in [2.24, 2.45) is 4.99 Å². The first kappa shape index (κ1) is 32.4. The smallest absolute Gasteiger partial charge is 0.410 e. The highest BCUT2D eigenvalue weighted by molar-refractivity contribution is 8.18. The van der Waals surface area contributed by atoms with E-state index in [0.717, 1.165) is 11.8 Å². The minimum absolute atomic E-state index is 0.0729. The fourth-order valence-electron chi connectivity index (χ4n) is 4.38. The molecule has 2 saturated heterocycles. The number of benzene rings is 2. The highest BCUT2D eigenvalue weighted by Gasteiger charge is 2.29. The number of aliphatic imine (C=N–C) groups is 1. The van der Waals surface area contributed by atoms with Gasteiger partial charge >= 0.3 is 12.1 Å². The van der Waals surface area contributed by atoms with Crippen molar-refractivity contribution in [1.82, 2.24) is 10.2 Å². The van der Waals surface area contributed by atoms with Gasteiger partial charge < -0.3 is 24.6 Å². The van der Waals surface area contributed by atoms with E-state index >= 15 is 0 Å². The van der Waals surface area contributed by atoms with Crippen molar-refractivity contribution in [3.05, 3.63) is 74.6 Å². The molecule has 228 valence electrons. The molecule has 0 saturated carbocycles. The molecule has 2 heterocycles. The highest BCUT2D eigenvalue weighted by atomic mass is 35.5. The molecule has 0 atom stereocenters. The Morgan fingerprint density at radius 3 is 2.33 bits per heavy atom. The fourth-order valence-corrected chi connectivity index (χ4v) is 5.86. The molecule has 3 amide bonds. The Kier molecular flexibility index (Phi) is 10.4. The van der Waals surface area contributed by atoms with Crippen molar-refractivity contribution in [1.29, 1.82) is 0 Å². The summed E-state index contributed by atoms with van der Waals surface area (Å²) in [6.07, 6.45) is 2.23. The molecular weight excluding hydrogens is 615 g/mol. The van der Waals surface area contributed by atoms with E-state index in [-0.39, 0.29) is 35.2 Å². The molecule has 2 aliphatic rings. The second kappa shape index (κ2) is 13.8. The molecule has 0 aromatic heterocycles. The summed E-state index contributed by atoms with van der Waals surface area (Å²) in [5.41, 5.74) is 0.747. The fraction of sp³-hybridized carbons (Fsp3) is 0.367. The lowest BCUT2D eigenvalue weighted by Gasteiger charge is -2.33. The van der Waals surface area contributed by atoms with Gasteiger partial charge in [-0.1, -0.05) is 35.0 Å². The second-order valence-corrected chi connectivity index (χ2v) is 12.8. The van der Waals surface area contributed by atoms with Crippen LogP contribution >= 0.6 is 35.0 Å². The summed E-state index contributed by atoms with van der Waals surface area (Å²) in [4.78, 5) is 58.5. The van der Waals surface area contributed by atoms with Crippen LogP contribution in [-0.4, -0.2) is 72.3 Å². The predicted octanol–water partition coefficient (Wildman–Crippen LogP) is 5.93. The van der Waals surface area contributed by atoms with Crippen LogP contribution in [0, 0.1) is 0 Å². The average molecular weight is 648 g/mol. The molecule has 43 heavy (non-hydrogen) atoms. The first-order valence-corrected chi connectivity index (χ1v) is 15.1. The number of thioether (sulfide) groups is 1. The molecule has 1 N–H and O–H groups in total. The van der Waals surface area contributed by atoms with Crippen LogP contribution in [0.1, 0.15) is 54.3 Å². The number of esters is 1. The number of ether oxygens (including phenoxy) is 2. The first-order chi connectivity index (χ1) is 20.3. The number of piperidine rings is 1. The van der Waals surface area contributed by atoms with Crippen molar-refractivity contribution in [3.63, 3.8) is 0 Å². The van der Waals surface area contributed by atoms with E-state index in [4.69, 9.17) is 32.7 Å². The zero-order valence-electron chi connectivity index (χ0n) is 24.2. The van der Waals surface area contributed by atoms with Gasteiger partial charge in [-0.25, -0.2) is 9.59 Å². The summed E-state index contributed by atoms with van der Waals surface area (Å²) < 4.78 is 10.2. The van der Waals surface area contributed by atoms with Crippen molar-refractivity contribution in [2.75, 3.05) is 31.6 Å². The summed E-state index contributed by atoms with van der Waals surface area (Å²) in [5.74, 6) is -1.33. The summed E-state index contributed by atoms with van der Waals surface area (Å²) in [6, 6.07) is 11.3. The zero-order chi connectivity index (χ0) is 31.3. The third-order valence-corrected chi connectivity index (χ3v) is 8.08. The number of halogens is 2. The molecule has 0 unspecified atom stereocenters. The molecule has 13 heteroatoms. The third kappa shape index (κ3) is 8.75. The standard InChI is InChI=1S/C30H32Cl2N4O6S/c1-30(2,3)42-29(40)35-13-11-20(12-14-35)33-26(38)18-5-8-21(9-6-18)36-17-22(16-25(37)41-4)43-28(36)34-27(39)23-10-7-19(31)15-24(23)32/h5-10,15-16,20H,11-14,17H2,1-4H3,(H,33,38). The molecule has 2 aliphatic heterocycles. The number of hydrogen-bond donors (Lipinski definition) is 1. The van der Waals surface area contributed by atoms with Crippen LogP contribution < -0.4 is 10.2 Å². The first-order valence-electron chi connectivity index (χ1n) is 13.5. The van der Waals surface area contributed by atoms with Gasteiger partial charge in [0.15, 0.2) is 5.17 Å². The van der Waals surface area contributed by atoms with Gasteiger partial charge in [-0.15, -0.1) is 0 Å². The topological polar surface area (TPSA) is 118 Å². The highest BCUT2D eigenvalue weighted by Crippen LogP contribution is 2.34. The second-order valence-electron chi connectivity index (χ2n) is 10.9. The minimum Gasteiger partial charge on any atom is -0.466 e. The number of nitrogens with zero attached hydrogens (tertiary/aromatic N) is 3. The molecule has 2 fully saturated rings. The van der Waals surface area contributed by atoms with Crippen LogP contribution in [0.3, 0.4) is 0 Å². The number of nitrogens with one attached hydrogen (secondary N) is 1. The largest absolute Gasteiger partial charge is 0.466 e. The number of methoxy groups -OCH3 is 1. The Balaban J connectivity index is 1.45. The lowest BCUT2D eigenvalue weighted by atomic mass is 10.0. The summed E-state index contributed by atoms with van der Waals surface area (Å²) in [6.45, 7) is 6.74. The van der Waals surface area contributed by atoms with Crippen molar-refractivity contribution in [2.45, 2.75) is 45.3 Å². The monoisotopic (exact) mass is 646 g/mol. The Bertz CT molecular complexity index is 1460. The lowest BCUT2D eigenvalue weighted by molar-refractivity contribution is -0.134. The molecule has 4 rings (SSSR count). The van der Waals surface area contributed by atoms with Crippen molar-refractivity contribution in [3.8, 4) is 0 Å². The summed E-state index contributed by atoms with van der Waals surface area (Å²) in [7, 11) is 1.28. The molecule has 0 bridgehead atoms. The number of anilines is 1. The van der Waals surface area contributed by atoms with Crippen LogP contribution in [0.4, 0.5) is 10.5 Å².